The van der Waals surface area contributed by atoms with Crippen LogP contribution in [0, 0.1) is 0 Å². The van der Waals surface area contributed by atoms with Crippen molar-refractivity contribution >= 4 is 49.1 Å². The van der Waals surface area contributed by atoms with E-state index in [0.29, 0.717) is 19.7 Å². The van der Waals surface area contributed by atoms with Gasteiger partial charge in [0.15, 0.2) is 0 Å². The minimum absolute atomic E-state index is 0.0520. The number of halogens is 2. The molecule has 7 heteroatoms. The van der Waals surface area contributed by atoms with E-state index in [9.17, 15) is 4.79 Å². The molecule has 0 unspecified atom stereocenters. The van der Waals surface area contributed by atoms with Gasteiger partial charge in [-0.3, -0.25) is 4.79 Å². The van der Waals surface area contributed by atoms with Gasteiger partial charge in [-0.25, -0.2) is 0 Å². The molecule has 1 aromatic rings. The van der Waals surface area contributed by atoms with Crippen molar-refractivity contribution in [1.29, 1.82) is 0 Å². The molecule has 1 amide bonds. The first kappa shape index (κ1) is 15.4. The van der Waals surface area contributed by atoms with Crippen LogP contribution >= 0.6 is 43.2 Å². The Morgan fingerprint density at radius 3 is 2.68 bits per heavy atom. The van der Waals surface area contributed by atoms with Gasteiger partial charge in [0, 0.05) is 17.6 Å². The van der Waals surface area contributed by atoms with Gasteiger partial charge in [0.25, 0.3) is 5.91 Å². The molecule has 1 saturated heterocycles. The summed E-state index contributed by atoms with van der Waals surface area (Å²) in [5.74, 6) is 0.0806. The number of nitrogens with zero attached hydrogens (tertiary/aromatic N) is 1. The zero-order valence-electron chi connectivity index (χ0n) is 10.3. The number of likely N-dealkylation sites (tertiary alicyclic amines) is 1. The van der Waals surface area contributed by atoms with Gasteiger partial charge in [0.2, 0.25) is 0 Å². The van der Waals surface area contributed by atoms with Crippen LogP contribution in [0.1, 0.15) is 22.5 Å². The molecule has 1 aromatic heterocycles. The number of amides is 1. The molecule has 0 saturated carbocycles. The van der Waals surface area contributed by atoms with E-state index in [1.165, 1.54) is 11.3 Å². The van der Waals surface area contributed by atoms with Gasteiger partial charge in [0.05, 0.1) is 28.0 Å². The first-order valence-electron chi connectivity index (χ1n) is 6.08. The highest BCUT2D eigenvalue weighted by molar-refractivity contribution is 9.13. The molecule has 1 aliphatic heterocycles. The van der Waals surface area contributed by atoms with Crippen molar-refractivity contribution in [3.8, 4) is 0 Å². The van der Waals surface area contributed by atoms with Crippen molar-refractivity contribution in [3.05, 3.63) is 19.2 Å². The summed E-state index contributed by atoms with van der Waals surface area (Å²) in [5, 5.41) is 8.72. The molecular weight excluding hydrogens is 398 g/mol. The van der Waals surface area contributed by atoms with E-state index in [4.69, 9.17) is 9.84 Å². The minimum atomic E-state index is 0.0520. The molecule has 0 aliphatic carbocycles. The van der Waals surface area contributed by atoms with Crippen LogP contribution in [0.3, 0.4) is 0 Å². The average molecular weight is 413 g/mol. The molecule has 0 radical (unpaired) electrons. The van der Waals surface area contributed by atoms with Crippen LogP contribution in [-0.4, -0.2) is 48.3 Å². The van der Waals surface area contributed by atoms with Gasteiger partial charge in [0.1, 0.15) is 0 Å². The SMILES string of the molecule is O=C(c1cc(Br)c(Br)s1)N1CCC(OCCO)CC1. The number of carbonyl (C=O) groups excluding carboxylic acids is 1. The fourth-order valence-corrected chi connectivity index (χ4v) is 4.06. The third-order valence-corrected chi connectivity index (χ3v) is 6.27. The van der Waals surface area contributed by atoms with Crippen molar-refractivity contribution in [3.63, 3.8) is 0 Å². The van der Waals surface area contributed by atoms with Crippen molar-refractivity contribution < 1.29 is 14.6 Å². The standard InChI is InChI=1S/C12H15Br2NO3S/c13-9-7-10(19-11(9)14)12(17)15-3-1-8(2-4-15)18-6-5-16/h7-8,16H,1-6H2. The van der Waals surface area contributed by atoms with Crippen LogP contribution in [0.5, 0.6) is 0 Å². The molecular formula is C12H15Br2NO3S. The van der Waals surface area contributed by atoms with Crippen molar-refractivity contribution in [2.75, 3.05) is 26.3 Å². The lowest BCUT2D eigenvalue weighted by Gasteiger charge is -2.31. The first-order valence-corrected chi connectivity index (χ1v) is 8.48. The number of hydrogen-bond donors (Lipinski definition) is 1. The average Bonchev–Trinajstić information content (AvgIpc) is 2.76. The predicted molar refractivity (Wildman–Crippen MR) is 81.7 cm³/mol. The van der Waals surface area contributed by atoms with E-state index in [1.54, 1.807) is 0 Å². The number of piperidine rings is 1. The third-order valence-electron chi connectivity index (χ3n) is 3.03. The Hall–Kier alpha value is 0.0500. The van der Waals surface area contributed by atoms with Crippen LogP contribution in [0.15, 0.2) is 14.3 Å². The number of hydrogen-bond acceptors (Lipinski definition) is 4. The Morgan fingerprint density at radius 2 is 2.16 bits per heavy atom. The molecule has 0 spiro atoms. The van der Waals surface area contributed by atoms with E-state index >= 15 is 0 Å². The second-order valence-corrected chi connectivity index (χ2v) is 7.54. The summed E-state index contributed by atoms with van der Waals surface area (Å²) in [6.07, 6.45) is 1.83. The molecule has 2 heterocycles. The summed E-state index contributed by atoms with van der Waals surface area (Å²) in [7, 11) is 0. The van der Waals surface area contributed by atoms with E-state index in [1.807, 2.05) is 11.0 Å². The zero-order valence-corrected chi connectivity index (χ0v) is 14.3. The number of aliphatic hydroxyl groups excluding tert-OH is 1. The highest BCUT2D eigenvalue weighted by atomic mass is 79.9. The van der Waals surface area contributed by atoms with Gasteiger partial charge in [-0.1, -0.05) is 0 Å². The maximum absolute atomic E-state index is 12.3. The second-order valence-electron chi connectivity index (χ2n) is 4.32. The summed E-state index contributed by atoms with van der Waals surface area (Å²) in [4.78, 5) is 14.9. The number of aliphatic hydroxyl groups is 1. The molecule has 2 rings (SSSR count). The zero-order chi connectivity index (χ0) is 13.8. The van der Waals surface area contributed by atoms with Crippen LogP contribution < -0.4 is 0 Å². The molecule has 0 aromatic carbocycles. The molecule has 19 heavy (non-hydrogen) atoms. The third kappa shape index (κ3) is 4.01. The Kier molecular flexibility index (Phi) is 5.83. The largest absolute Gasteiger partial charge is 0.394 e. The van der Waals surface area contributed by atoms with Gasteiger partial charge >= 0.3 is 0 Å². The molecule has 4 nitrogen and oxygen atoms in total. The van der Waals surface area contributed by atoms with Gasteiger partial charge in [-0.15, -0.1) is 11.3 Å². The molecule has 0 bridgehead atoms. The van der Waals surface area contributed by atoms with Crippen LogP contribution in [0.25, 0.3) is 0 Å². The topological polar surface area (TPSA) is 49.8 Å². The van der Waals surface area contributed by atoms with Crippen LogP contribution in [-0.2, 0) is 4.74 Å². The quantitative estimate of drug-likeness (QED) is 0.827. The lowest BCUT2D eigenvalue weighted by molar-refractivity contribution is -0.00545. The number of thiophene rings is 1. The lowest BCUT2D eigenvalue weighted by Crippen LogP contribution is -2.40. The summed E-state index contributed by atoms with van der Waals surface area (Å²) in [6.45, 7) is 1.85. The van der Waals surface area contributed by atoms with Crippen LogP contribution in [0.2, 0.25) is 0 Å². The molecule has 0 atom stereocenters. The minimum Gasteiger partial charge on any atom is -0.394 e. The maximum atomic E-state index is 12.3. The molecule has 106 valence electrons. The first-order chi connectivity index (χ1) is 9.11. The van der Waals surface area contributed by atoms with Crippen molar-refractivity contribution in [2.24, 2.45) is 0 Å². The number of ether oxygens (including phenoxy) is 1. The molecule has 1 aliphatic rings. The Balaban J connectivity index is 1.89. The Morgan fingerprint density at radius 1 is 1.47 bits per heavy atom. The lowest BCUT2D eigenvalue weighted by atomic mass is 10.1. The number of carbonyl (C=O) groups is 1. The maximum Gasteiger partial charge on any atom is 0.264 e. The molecule has 1 N–H and O–H groups in total. The van der Waals surface area contributed by atoms with Crippen molar-refractivity contribution in [2.45, 2.75) is 18.9 Å². The van der Waals surface area contributed by atoms with Gasteiger partial charge in [-0.2, -0.15) is 0 Å². The monoisotopic (exact) mass is 411 g/mol. The summed E-state index contributed by atoms with van der Waals surface area (Å²) >= 11 is 8.24. The van der Waals surface area contributed by atoms with Gasteiger partial charge < -0.3 is 14.7 Å². The fraction of sp³-hybridized carbons (Fsp3) is 0.583. The Bertz CT molecular complexity index is 425. The van der Waals surface area contributed by atoms with E-state index < -0.39 is 0 Å². The summed E-state index contributed by atoms with van der Waals surface area (Å²) < 4.78 is 7.35. The van der Waals surface area contributed by atoms with Crippen LogP contribution in [0.4, 0.5) is 0 Å². The summed E-state index contributed by atoms with van der Waals surface area (Å²) in [6, 6.07) is 1.85. The van der Waals surface area contributed by atoms with E-state index in [-0.39, 0.29) is 18.6 Å². The Labute approximate surface area is 133 Å². The highest BCUT2D eigenvalue weighted by Crippen LogP contribution is 2.33. The van der Waals surface area contributed by atoms with Crippen molar-refractivity contribution in [1.82, 2.24) is 4.90 Å². The smallest absolute Gasteiger partial charge is 0.264 e. The predicted octanol–water partition coefficient (Wildman–Crippen LogP) is 2.89. The van der Waals surface area contributed by atoms with Gasteiger partial charge in [-0.05, 0) is 50.8 Å². The number of rotatable bonds is 4. The highest BCUT2D eigenvalue weighted by Gasteiger charge is 2.25. The van der Waals surface area contributed by atoms with E-state index in [0.717, 1.165) is 26.0 Å². The normalized spacial score (nSPS) is 16.9. The molecule has 1 fully saturated rings. The van der Waals surface area contributed by atoms with E-state index in [2.05, 4.69) is 31.9 Å². The second kappa shape index (κ2) is 7.17. The fourth-order valence-electron chi connectivity index (χ4n) is 2.05. The summed E-state index contributed by atoms with van der Waals surface area (Å²) in [5.41, 5.74) is 0.